The second-order valence-corrected chi connectivity index (χ2v) is 20.1. The average molecular weight is 831 g/mol. The Balaban J connectivity index is 1.24. The van der Waals surface area contributed by atoms with Gasteiger partial charge in [0.15, 0.2) is 0 Å². The van der Waals surface area contributed by atoms with Crippen molar-refractivity contribution in [3.8, 4) is 22.2 Å². The zero-order chi connectivity index (χ0) is 41.7. The Morgan fingerprint density at radius 3 is 2.38 bits per heavy atom. The minimum absolute atomic E-state index is 0.0788. The number of nitrogens with zero attached hydrogens (tertiary/aromatic N) is 3. The lowest BCUT2D eigenvalue weighted by Gasteiger charge is -2.36. The van der Waals surface area contributed by atoms with E-state index < -0.39 is 56.2 Å². The number of hydrogen-bond donors (Lipinski definition) is 3. The van der Waals surface area contributed by atoms with Crippen molar-refractivity contribution in [2.75, 3.05) is 19.0 Å². The molecule has 13 nitrogen and oxygen atoms in total. The van der Waals surface area contributed by atoms with Gasteiger partial charge in [0.25, 0.3) is 5.91 Å². The number of aryl methyl sites for hydroxylation is 1. The monoisotopic (exact) mass is 830 g/mol. The maximum atomic E-state index is 14.9. The molecule has 15 heteroatoms. The Morgan fingerprint density at radius 2 is 1.78 bits per heavy atom. The van der Waals surface area contributed by atoms with Crippen LogP contribution in [0.25, 0.3) is 21.6 Å². The molecule has 1 saturated heterocycles. The van der Waals surface area contributed by atoms with Crippen molar-refractivity contribution in [3.63, 3.8) is 0 Å². The quantitative estimate of drug-likeness (QED) is 0.127. The van der Waals surface area contributed by atoms with E-state index in [4.69, 9.17) is 19.4 Å². The van der Waals surface area contributed by atoms with E-state index in [2.05, 4.69) is 29.2 Å². The highest BCUT2D eigenvalue weighted by molar-refractivity contribution is 7.91. The van der Waals surface area contributed by atoms with Crippen molar-refractivity contribution in [1.29, 1.82) is 0 Å². The molecule has 3 amide bonds. The number of amides is 3. The lowest BCUT2D eigenvalue weighted by atomic mass is 9.85. The zero-order valence-corrected chi connectivity index (χ0v) is 36.1. The maximum absolute atomic E-state index is 14.9. The van der Waals surface area contributed by atoms with Gasteiger partial charge < -0.3 is 25.0 Å². The molecule has 0 radical (unpaired) electrons. The van der Waals surface area contributed by atoms with Crippen LogP contribution in [0.5, 0.6) is 11.5 Å². The van der Waals surface area contributed by atoms with Crippen molar-refractivity contribution >= 4 is 55.7 Å². The van der Waals surface area contributed by atoms with Gasteiger partial charge in [0.1, 0.15) is 45.9 Å². The third kappa shape index (κ3) is 8.25. The molecule has 5 atom stereocenters. The SMILES string of the molecule is CCC1CC1(NC(=O)C1CC(Oc2cc(-c3nc(C(C)C)cs3)nc3c(C)c(OC)ccc23)CN1C(=O)C(Nc1ccccc1)C(C)(C)C)C(=O)NS(=O)(=O)C1CC1. The van der Waals surface area contributed by atoms with Crippen LogP contribution in [0.2, 0.25) is 0 Å². The molecule has 3 fully saturated rings. The first-order chi connectivity index (χ1) is 27.4. The molecule has 0 spiro atoms. The van der Waals surface area contributed by atoms with Crippen LogP contribution in [-0.2, 0) is 24.4 Å². The Bertz CT molecular complexity index is 2320. The molecule has 310 valence electrons. The molecular formula is C43H54N6O7S2. The molecular weight excluding hydrogens is 777 g/mol. The highest BCUT2D eigenvalue weighted by Gasteiger charge is 2.62. The Kier molecular flexibility index (Phi) is 11.3. The van der Waals surface area contributed by atoms with Gasteiger partial charge in [-0.1, -0.05) is 66.2 Å². The van der Waals surface area contributed by atoms with Gasteiger partial charge in [-0.05, 0) is 67.7 Å². The first kappa shape index (κ1) is 41.4. The number of rotatable bonds is 14. The van der Waals surface area contributed by atoms with Gasteiger partial charge >= 0.3 is 0 Å². The van der Waals surface area contributed by atoms with Gasteiger partial charge in [-0.15, -0.1) is 11.3 Å². The van der Waals surface area contributed by atoms with Crippen LogP contribution in [0.15, 0.2) is 53.9 Å². The van der Waals surface area contributed by atoms with E-state index in [1.807, 2.05) is 88.5 Å². The summed E-state index contributed by atoms with van der Waals surface area (Å²) >= 11 is 1.50. The highest BCUT2D eigenvalue weighted by Crippen LogP contribution is 2.47. The Morgan fingerprint density at radius 1 is 1.05 bits per heavy atom. The summed E-state index contributed by atoms with van der Waals surface area (Å²) in [5, 5.41) is 9.28. The maximum Gasteiger partial charge on any atom is 0.259 e. The van der Waals surface area contributed by atoms with E-state index in [9.17, 15) is 22.8 Å². The van der Waals surface area contributed by atoms with E-state index in [0.29, 0.717) is 48.4 Å². The number of carbonyl (C=O) groups excluding carboxylic acids is 3. The number of pyridine rings is 1. The fourth-order valence-corrected chi connectivity index (χ4v) is 10.1. The first-order valence-electron chi connectivity index (χ1n) is 20.1. The zero-order valence-electron chi connectivity index (χ0n) is 34.4. The van der Waals surface area contributed by atoms with Crippen LogP contribution >= 0.6 is 11.3 Å². The van der Waals surface area contributed by atoms with Crippen molar-refractivity contribution in [1.82, 2.24) is 24.9 Å². The van der Waals surface area contributed by atoms with Crippen LogP contribution in [0, 0.1) is 18.3 Å². The topological polar surface area (TPSA) is 169 Å². The van der Waals surface area contributed by atoms with Crippen molar-refractivity contribution in [2.45, 2.75) is 115 Å². The molecule has 2 aliphatic carbocycles. The number of methoxy groups -OCH3 is 1. The van der Waals surface area contributed by atoms with Crippen LogP contribution in [0.1, 0.15) is 90.8 Å². The van der Waals surface area contributed by atoms with Crippen molar-refractivity contribution in [2.24, 2.45) is 11.3 Å². The van der Waals surface area contributed by atoms with Gasteiger partial charge in [-0.25, -0.2) is 18.4 Å². The van der Waals surface area contributed by atoms with E-state index in [0.717, 1.165) is 27.3 Å². The van der Waals surface area contributed by atoms with Gasteiger partial charge in [0.05, 0.1) is 30.1 Å². The number of likely N-dealkylation sites (tertiary alicyclic amines) is 1. The number of aromatic nitrogens is 2. The second kappa shape index (κ2) is 15.8. The minimum atomic E-state index is -3.85. The van der Waals surface area contributed by atoms with Gasteiger partial charge in [0, 0.05) is 34.5 Å². The molecule has 7 rings (SSSR count). The fraction of sp³-hybridized carbons (Fsp3) is 0.512. The number of sulfonamides is 1. The number of nitrogens with one attached hydrogen (secondary N) is 3. The first-order valence-corrected chi connectivity index (χ1v) is 22.5. The van der Waals surface area contributed by atoms with E-state index in [-0.39, 0.29) is 30.7 Å². The molecule has 2 aromatic heterocycles. The molecule has 0 bridgehead atoms. The summed E-state index contributed by atoms with van der Waals surface area (Å²) in [6, 6.07) is 13.3. The highest BCUT2D eigenvalue weighted by atomic mass is 32.2. The fourth-order valence-electron chi connectivity index (χ4n) is 7.84. The molecule has 58 heavy (non-hydrogen) atoms. The number of para-hydroxylation sites is 1. The predicted molar refractivity (Wildman–Crippen MR) is 225 cm³/mol. The lowest BCUT2D eigenvalue weighted by molar-refractivity contribution is -0.141. The summed E-state index contributed by atoms with van der Waals surface area (Å²) in [4.78, 5) is 54.6. The number of carbonyl (C=O) groups is 3. The largest absolute Gasteiger partial charge is 0.496 e. The number of fused-ring (bicyclic) bond motifs is 1. The molecule has 4 aromatic rings. The van der Waals surface area contributed by atoms with E-state index in [1.54, 1.807) is 12.0 Å². The number of hydrogen-bond acceptors (Lipinski definition) is 11. The van der Waals surface area contributed by atoms with Crippen LogP contribution in [0.3, 0.4) is 0 Å². The molecule has 1 aliphatic heterocycles. The molecule has 5 unspecified atom stereocenters. The predicted octanol–water partition coefficient (Wildman–Crippen LogP) is 6.57. The summed E-state index contributed by atoms with van der Waals surface area (Å²) in [5.74, 6) is -0.392. The lowest BCUT2D eigenvalue weighted by Crippen LogP contribution is -2.58. The van der Waals surface area contributed by atoms with Crippen LogP contribution in [0.4, 0.5) is 5.69 Å². The standard InChI is InChI=1S/C43H54N6O7S2/c1-9-26-21-43(26,41(52)48-58(53,54)29-15-16-29)47-38(50)33-19-28(22-49(33)40(51)37(42(5,6)7)44-27-13-11-10-12-14-27)56-35-20-31(39-46-32(23-57-39)24(2)3)45-36-25(4)34(55-8)18-17-30(35)36/h10-14,17-18,20,23-24,26,28-29,33,37,44H,9,15-16,19,21-22H2,1-8H3,(H,47,50)(H,48,52). The number of benzene rings is 2. The minimum Gasteiger partial charge on any atom is -0.496 e. The summed E-state index contributed by atoms with van der Waals surface area (Å²) in [6.45, 7) is 14.0. The molecule has 2 aromatic carbocycles. The summed E-state index contributed by atoms with van der Waals surface area (Å²) in [6.07, 6.45) is 1.33. The summed E-state index contributed by atoms with van der Waals surface area (Å²) < 4.78 is 40.5. The van der Waals surface area contributed by atoms with Gasteiger partial charge in [-0.3, -0.25) is 19.1 Å². The Labute approximate surface area is 344 Å². The molecule has 3 heterocycles. The third-order valence-electron chi connectivity index (χ3n) is 11.6. The molecule has 3 N–H and O–H groups in total. The molecule has 2 saturated carbocycles. The number of thiazole rings is 1. The second-order valence-electron chi connectivity index (χ2n) is 17.3. The Hall–Kier alpha value is -4.76. The summed E-state index contributed by atoms with van der Waals surface area (Å²) in [5.41, 5.74) is 1.87. The van der Waals surface area contributed by atoms with Gasteiger partial charge in [0.2, 0.25) is 21.8 Å². The summed E-state index contributed by atoms with van der Waals surface area (Å²) in [7, 11) is -2.24. The van der Waals surface area contributed by atoms with Crippen LogP contribution in [-0.4, -0.2) is 83.6 Å². The van der Waals surface area contributed by atoms with Gasteiger partial charge in [-0.2, -0.15) is 0 Å². The number of anilines is 1. The third-order valence-corrected chi connectivity index (χ3v) is 14.3. The van der Waals surface area contributed by atoms with Crippen molar-refractivity contribution < 1.29 is 32.3 Å². The number of ether oxygens (including phenoxy) is 2. The normalized spacial score (nSPS) is 22.4. The average Bonchev–Trinajstić information content (AvgIpc) is 4.06. The van der Waals surface area contributed by atoms with Crippen LogP contribution < -0.4 is 24.8 Å². The molecule has 3 aliphatic rings. The van der Waals surface area contributed by atoms with E-state index in [1.165, 1.54) is 11.3 Å². The van der Waals surface area contributed by atoms with E-state index >= 15 is 0 Å². The van der Waals surface area contributed by atoms with Crippen molar-refractivity contribution in [3.05, 3.63) is 65.2 Å². The smallest absolute Gasteiger partial charge is 0.259 e.